The molecule has 2 aromatic heterocycles. The first-order valence-electron chi connectivity index (χ1n) is 9.44. The number of carbonyl (C=O) groups excluding carboxylic acids is 1. The fraction of sp³-hybridized carbons (Fsp3) is 0.526. The van der Waals surface area contributed by atoms with E-state index in [1.165, 1.54) is 10.8 Å². The van der Waals surface area contributed by atoms with E-state index in [1.54, 1.807) is 17.2 Å². The summed E-state index contributed by atoms with van der Waals surface area (Å²) in [6.07, 6.45) is 6.66. The Balaban J connectivity index is 1.57. The molecule has 0 unspecified atom stereocenters. The van der Waals surface area contributed by atoms with Crippen LogP contribution < -0.4 is 11.2 Å². The molecule has 1 fully saturated rings. The SMILES string of the molecule is Cc1c([C@@H]2CCCN(C(=O)Cn3cccnc3=O)C2)n2c(nc1=O)CCC2. The number of carbonyl (C=O) groups is 1. The van der Waals surface area contributed by atoms with Crippen LogP contribution in [-0.2, 0) is 24.3 Å². The van der Waals surface area contributed by atoms with E-state index < -0.39 is 5.69 Å². The van der Waals surface area contributed by atoms with Crippen LogP contribution in [0.2, 0.25) is 0 Å². The summed E-state index contributed by atoms with van der Waals surface area (Å²) in [5.74, 6) is 0.900. The summed E-state index contributed by atoms with van der Waals surface area (Å²) in [5.41, 5.74) is 1.17. The molecule has 0 aliphatic carbocycles. The molecule has 0 N–H and O–H groups in total. The van der Waals surface area contributed by atoms with E-state index in [2.05, 4.69) is 14.5 Å². The fourth-order valence-corrected chi connectivity index (χ4v) is 4.25. The van der Waals surface area contributed by atoms with Gasteiger partial charge < -0.3 is 9.47 Å². The fourth-order valence-electron chi connectivity index (χ4n) is 4.25. The highest BCUT2D eigenvalue weighted by molar-refractivity contribution is 5.76. The van der Waals surface area contributed by atoms with Crippen molar-refractivity contribution in [3.05, 3.63) is 56.4 Å². The van der Waals surface area contributed by atoms with Crippen LogP contribution in [0.15, 0.2) is 28.0 Å². The zero-order valence-corrected chi connectivity index (χ0v) is 15.4. The Morgan fingerprint density at radius 3 is 2.93 bits per heavy atom. The molecule has 0 radical (unpaired) electrons. The van der Waals surface area contributed by atoms with Crippen LogP contribution >= 0.6 is 0 Å². The van der Waals surface area contributed by atoms with Crippen LogP contribution in [0.5, 0.6) is 0 Å². The second kappa shape index (κ2) is 7.09. The molecule has 4 heterocycles. The van der Waals surface area contributed by atoms with Gasteiger partial charge in [0, 0.05) is 55.6 Å². The molecule has 8 heteroatoms. The Hall–Kier alpha value is -2.77. The van der Waals surface area contributed by atoms with Crippen LogP contribution in [0, 0.1) is 6.92 Å². The summed E-state index contributed by atoms with van der Waals surface area (Å²) < 4.78 is 3.51. The number of hydrogen-bond acceptors (Lipinski definition) is 5. The lowest BCUT2D eigenvalue weighted by Crippen LogP contribution is -2.43. The molecule has 142 valence electrons. The maximum absolute atomic E-state index is 12.7. The first kappa shape index (κ1) is 17.6. The van der Waals surface area contributed by atoms with Crippen molar-refractivity contribution in [3.8, 4) is 0 Å². The second-order valence-corrected chi connectivity index (χ2v) is 7.31. The van der Waals surface area contributed by atoms with Crippen LogP contribution in [-0.4, -0.2) is 43.0 Å². The number of aromatic nitrogens is 4. The maximum atomic E-state index is 12.7. The molecular weight excluding hydrogens is 346 g/mol. The molecule has 0 spiro atoms. The zero-order valence-electron chi connectivity index (χ0n) is 15.4. The first-order chi connectivity index (χ1) is 13.0. The molecule has 8 nitrogen and oxygen atoms in total. The highest BCUT2D eigenvalue weighted by Crippen LogP contribution is 2.30. The maximum Gasteiger partial charge on any atom is 0.347 e. The van der Waals surface area contributed by atoms with Crippen molar-refractivity contribution in [2.24, 2.45) is 0 Å². The predicted molar refractivity (Wildman–Crippen MR) is 98.6 cm³/mol. The van der Waals surface area contributed by atoms with Crippen molar-refractivity contribution in [2.45, 2.75) is 51.6 Å². The minimum atomic E-state index is -0.422. The van der Waals surface area contributed by atoms with E-state index in [4.69, 9.17) is 0 Å². The molecule has 2 aromatic rings. The Bertz CT molecular complexity index is 994. The van der Waals surface area contributed by atoms with Crippen LogP contribution in [0.3, 0.4) is 0 Å². The van der Waals surface area contributed by atoms with Crippen LogP contribution in [0.25, 0.3) is 0 Å². The summed E-state index contributed by atoms with van der Waals surface area (Å²) >= 11 is 0. The van der Waals surface area contributed by atoms with Gasteiger partial charge in [-0.05, 0) is 32.3 Å². The number of aryl methyl sites for hydroxylation is 1. The van der Waals surface area contributed by atoms with E-state index in [1.807, 2.05) is 6.92 Å². The minimum Gasteiger partial charge on any atom is -0.340 e. The molecule has 1 amide bonds. The number of likely N-dealkylation sites (tertiary alicyclic amines) is 1. The van der Waals surface area contributed by atoms with Crippen molar-refractivity contribution in [1.29, 1.82) is 0 Å². The quantitative estimate of drug-likeness (QED) is 0.784. The number of rotatable bonds is 3. The van der Waals surface area contributed by atoms with Gasteiger partial charge in [0.15, 0.2) is 0 Å². The first-order valence-corrected chi connectivity index (χ1v) is 9.44. The Kier molecular flexibility index (Phi) is 4.63. The summed E-state index contributed by atoms with van der Waals surface area (Å²) in [6.45, 7) is 3.95. The van der Waals surface area contributed by atoms with Crippen molar-refractivity contribution in [2.75, 3.05) is 13.1 Å². The molecule has 1 atom stereocenters. The molecule has 4 rings (SSSR count). The number of fused-ring (bicyclic) bond motifs is 1. The minimum absolute atomic E-state index is 0.00717. The largest absolute Gasteiger partial charge is 0.347 e. The van der Waals surface area contributed by atoms with E-state index in [0.717, 1.165) is 43.7 Å². The third kappa shape index (κ3) is 3.31. The standard InChI is InChI=1S/C19H23N5O3/c1-13-17(24-10-3-6-15(24)21-18(13)26)14-5-2-8-22(11-14)16(25)12-23-9-4-7-20-19(23)27/h4,7,9,14H,2-3,5-6,8,10-12H2,1H3/t14-/m1/s1. The van der Waals surface area contributed by atoms with Crippen molar-refractivity contribution >= 4 is 5.91 Å². The Morgan fingerprint density at radius 1 is 1.26 bits per heavy atom. The van der Waals surface area contributed by atoms with Gasteiger partial charge in [-0.2, -0.15) is 4.98 Å². The normalized spacial score (nSPS) is 19.1. The van der Waals surface area contributed by atoms with Gasteiger partial charge in [-0.15, -0.1) is 0 Å². The van der Waals surface area contributed by atoms with Crippen molar-refractivity contribution < 1.29 is 4.79 Å². The Labute approximate surface area is 156 Å². The van der Waals surface area contributed by atoms with Crippen LogP contribution in [0.4, 0.5) is 0 Å². The molecule has 1 saturated heterocycles. The van der Waals surface area contributed by atoms with Gasteiger partial charge in [-0.1, -0.05) is 0 Å². The van der Waals surface area contributed by atoms with Crippen molar-refractivity contribution in [1.82, 2.24) is 24.0 Å². The molecule has 0 saturated carbocycles. The summed E-state index contributed by atoms with van der Waals surface area (Å²) in [6, 6.07) is 1.64. The molecule has 2 aliphatic heterocycles. The van der Waals surface area contributed by atoms with Gasteiger partial charge >= 0.3 is 5.69 Å². The van der Waals surface area contributed by atoms with Crippen molar-refractivity contribution in [3.63, 3.8) is 0 Å². The van der Waals surface area contributed by atoms with E-state index in [0.29, 0.717) is 18.7 Å². The molecule has 0 aromatic carbocycles. The smallest absolute Gasteiger partial charge is 0.340 e. The monoisotopic (exact) mass is 369 g/mol. The van der Waals surface area contributed by atoms with Gasteiger partial charge in [0.1, 0.15) is 12.4 Å². The van der Waals surface area contributed by atoms with E-state index in [-0.39, 0.29) is 23.9 Å². The lowest BCUT2D eigenvalue weighted by molar-refractivity contribution is -0.133. The summed E-state index contributed by atoms with van der Waals surface area (Å²) in [7, 11) is 0. The topological polar surface area (TPSA) is 90.1 Å². The number of amides is 1. The lowest BCUT2D eigenvalue weighted by atomic mass is 9.91. The molecule has 2 aliphatic rings. The molecule has 27 heavy (non-hydrogen) atoms. The highest BCUT2D eigenvalue weighted by atomic mass is 16.2. The third-order valence-corrected chi connectivity index (χ3v) is 5.57. The van der Waals surface area contributed by atoms with Gasteiger partial charge in [0.05, 0.1) is 0 Å². The average molecular weight is 369 g/mol. The van der Waals surface area contributed by atoms with Crippen LogP contribution in [0.1, 0.15) is 42.3 Å². The van der Waals surface area contributed by atoms with Gasteiger partial charge in [0.25, 0.3) is 5.56 Å². The number of hydrogen-bond donors (Lipinski definition) is 0. The van der Waals surface area contributed by atoms with Gasteiger partial charge in [0.2, 0.25) is 5.91 Å². The average Bonchev–Trinajstić information content (AvgIpc) is 3.12. The number of nitrogens with zero attached hydrogens (tertiary/aromatic N) is 5. The zero-order chi connectivity index (χ0) is 19.0. The molecule has 0 bridgehead atoms. The number of piperidine rings is 1. The summed E-state index contributed by atoms with van der Waals surface area (Å²) in [5, 5.41) is 0. The van der Waals surface area contributed by atoms with E-state index >= 15 is 0 Å². The predicted octanol–water partition coefficient (Wildman–Crippen LogP) is 0.461. The highest BCUT2D eigenvalue weighted by Gasteiger charge is 2.30. The summed E-state index contributed by atoms with van der Waals surface area (Å²) in [4.78, 5) is 46.5. The third-order valence-electron chi connectivity index (χ3n) is 5.57. The Morgan fingerprint density at radius 2 is 2.11 bits per heavy atom. The molecular formula is C19H23N5O3. The van der Waals surface area contributed by atoms with Gasteiger partial charge in [-0.3, -0.25) is 14.2 Å². The second-order valence-electron chi connectivity index (χ2n) is 7.31. The van der Waals surface area contributed by atoms with E-state index in [9.17, 15) is 14.4 Å². The lowest BCUT2D eigenvalue weighted by Gasteiger charge is -2.34. The van der Waals surface area contributed by atoms with Gasteiger partial charge in [-0.25, -0.2) is 9.78 Å².